The number of nitrogens with zero attached hydrogens (tertiary/aromatic N) is 2. The zero-order chi connectivity index (χ0) is 26.5. The Balaban J connectivity index is 1.70. The van der Waals surface area contributed by atoms with Gasteiger partial charge in [0.15, 0.2) is 0 Å². The lowest BCUT2D eigenvalue weighted by atomic mass is 9.96. The van der Waals surface area contributed by atoms with Crippen LogP contribution < -0.4 is 11.1 Å². The minimum atomic E-state index is 0.315. The summed E-state index contributed by atoms with van der Waals surface area (Å²) in [6, 6.07) is 14.3. The lowest BCUT2D eigenvalue weighted by molar-refractivity contribution is 0.778. The zero-order valence-electron chi connectivity index (χ0n) is 21.7. The second kappa shape index (κ2) is 11.0. The number of anilines is 1. The first-order valence-electron chi connectivity index (χ1n) is 12.2. The van der Waals surface area contributed by atoms with Crippen molar-refractivity contribution in [2.75, 3.05) is 5.32 Å². The van der Waals surface area contributed by atoms with Crippen LogP contribution in [0.4, 0.5) is 5.69 Å². The molecule has 5 nitrogen and oxygen atoms in total. The number of aromatic nitrogens is 3. The highest BCUT2D eigenvalue weighted by Crippen LogP contribution is 2.34. The maximum Gasteiger partial charge on any atom is 0.0574 e. The topological polar surface area (TPSA) is 79.6 Å². The second-order valence-corrected chi connectivity index (χ2v) is 9.26. The fourth-order valence-corrected chi connectivity index (χ4v) is 4.10. The van der Waals surface area contributed by atoms with Crippen LogP contribution in [0, 0.1) is 5.92 Å². The predicted octanol–water partition coefficient (Wildman–Crippen LogP) is 7.72. The molecule has 3 heterocycles. The first-order valence-corrected chi connectivity index (χ1v) is 12.2. The summed E-state index contributed by atoms with van der Waals surface area (Å²) in [6.45, 7) is 18.7. The first-order chi connectivity index (χ1) is 17.8. The van der Waals surface area contributed by atoms with Crippen LogP contribution in [0.5, 0.6) is 0 Å². The lowest BCUT2D eigenvalue weighted by Gasteiger charge is -2.14. The number of pyridine rings is 2. The van der Waals surface area contributed by atoms with Crippen LogP contribution in [-0.4, -0.2) is 15.0 Å². The molecule has 37 heavy (non-hydrogen) atoms. The molecule has 0 unspecified atom stereocenters. The van der Waals surface area contributed by atoms with Crippen molar-refractivity contribution in [3.8, 4) is 11.1 Å². The number of rotatable bonds is 9. The van der Waals surface area contributed by atoms with E-state index in [1.165, 1.54) is 0 Å². The molecule has 0 fully saturated rings. The molecule has 3 aromatic heterocycles. The molecular formula is C32H33N5. The van der Waals surface area contributed by atoms with Gasteiger partial charge in [-0.1, -0.05) is 57.9 Å². The van der Waals surface area contributed by atoms with E-state index >= 15 is 0 Å². The highest BCUT2D eigenvalue weighted by Gasteiger charge is 2.14. The van der Waals surface area contributed by atoms with Gasteiger partial charge in [0.1, 0.15) is 0 Å². The standard InChI is InChI=1S/C32H33N5/c1-7-24(26-14-27(19-35-18-26)36-23(6)20(2)3)15-29(22(5)33)21(4)32-16-30-28(11-8-12-31(30)37-32)25-10-9-13-34-17-25/h7-20,36-37H,4-6,33H2,1-3H3/b24-7+,29-15-. The molecule has 0 radical (unpaired) electrons. The minimum absolute atomic E-state index is 0.315. The van der Waals surface area contributed by atoms with E-state index in [0.717, 1.165) is 61.4 Å². The van der Waals surface area contributed by atoms with Crippen LogP contribution in [0.1, 0.15) is 32.0 Å². The van der Waals surface area contributed by atoms with Gasteiger partial charge < -0.3 is 16.0 Å². The summed E-state index contributed by atoms with van der Waals surface area (Å²) in [5.41, 5.74) is 16.0. The SMILES string of the molecule is C=C(N)/C(=C\C(=C/C)c1cncc(NC(=C)C(C)C)c1)C(=C)c1cc2c(-c3cccnc3)cccc2[nH]1. The fraction of sp³-hybridized carbons (Fsp3) is 0.125. The summed E-state index contributed by atoms with van der Waals surface area (Å²) in [6.07, 6.45) is 11.3. The third-order valence-electron chi connectivity index (χ3n) is 6.32. The molecule has 5 heteroatoms. The Bertz CT molecular complexity index is 1530. The number of H-pyrrole nitrogens is 1. The average Bonchev–Trinajstić information content (AvgIpc) is 3.34. The number of hydrogen-bond acceptors (Lipinski definition) is 4. The molecule has 0 aliphatic heterocycles. The molecule has 0 bridgehead atoms. The van der Waals surface area contributed by atoms with Crippen molar-refractivity contribution >= 4 is 27.7 Å². The highest BCUT2D eigenvalue weighted by atomic mass is 14.9. The molecule has 0 saturated carbocycles. The van der Waals surface area contributed by atoms with Crippen molar-refractivity contribution in [2.24, 2.45) is 11.7 Å². The minimum Gasteiger partial charge on any atom is -0.399 e. The van der Waals surface area contributed by atoms with Crippen molar-refractivity contribution in [2.45, 2.75) is 20.8 Å². The van der Waals surface area contributed by atoms with Gasteiger partial charge >= 0.3 is 0 Å². The van der Waals surface area contributed by atoms with E-state index in [4.69, 9.17) is 5.73 Å². The Morgan fingerprint density at radius 3 is 2.51 bits per heavy atom. The summed E-state index contributed by atoms with van der Waals surface area (Å²) in [5, 5.41) is 4.44. The highest BCUT2D eigenvalue weighted by molar-refractivity contribution is 5.99. The Labute approximate surface area is 218 Å². The average molecular weight is 488 g/mol. The van der Waals surface area contributed by atoms with Crippen molar-refractivity contribution in [1.29, 1.82) is 0 Å². The van der Waals surface area contributed by atoms with Gasteiger partial charge in [-0.3, -0.25) is 9.97 Å². The summed E-state index contributed by atoms with van der Waals surface area (Å²) in [5.74, 6) is 0.315. The third kappa shape index (κ3) is 5.62. The van der Waals surface area contributed by atoms with Crippen LogP contribution >= 0.6 is 0 Å². The van der Waals surface area contributed by atoms with Gasteiger partial charge in [0.2, 0.25) is 0 Å². The normalized spacial score (nSPS) is 12.1. The van der Waals surface area contributed by atoms with E-state index in [9.17, 15) is 0 Å². The third-order valence-corrected chi connectivity index (χ3v) is 6.32. The van der Waals surface area contributed by atoms with Crippen molar-refractivity contribution in [3.05, 3.63) is 127 Å². The van der Waals surface area contributed by atoms with Gasteiger partial charge in [-0.25, -0.2) is 0 Å². The van der Waals surface area contributed by atoms with E-state index in [2.05, 4.69) is 84.2 Å². The molecule has 0 aliphatic rings. The van der Waals surface area contributed by atoms with Gasteiger partial charge in [-0.15, -0.1) is 0 Å². The van der Waals surface area contributed by atoms with E-state index in [1.807, 2.05) is 43.6 Å². The van der Waals surface area contributed by atoms with Gasteiger partial charge in [0.05, 0.1) is 11.9 Å². The van der Waals surface area contributed by atoms with Crippen molar-refractivity contribution in [3.63, 3.8) is 0 Å². The predicted molar refractivity (Wildman–Crippen MR) is 157 cm³/mol. The molecule has 186 valence electrons. The van der Waals surface area contributed by atoms with Gasteiger partial charge in [0.25, 0.3) is 0 Å². The maximum absolute atomic E-state index is 6.29. The molecule has 0 spiro atoms. The van der Waals surface area contributed by atoms with E-state index < -0.39 is 0 Å². The molecule has 0 amide bonds. The quantitative estimate of drug-likeness (QED) is 0.211. The molecule has 4 rings (SSSR count). The van der Waals surface area contributed by atoms with E-state index in [1.54, 1.807) is 12.4 Å². The molecule has 0 aliphatic carbocycles. The first kappa shape index (κ1) is 25.5. The van der Waals surface area contributed by atoms with Gasteiger partial charge in [-0.05, 0) is 54.3 Å². The maximum atomic E-state index is 6.29. The molecule has 0 atom stereocenters. The number of fused-ring (bicyclic) bond motifs is 1. The lowest BCUT2D eigenvalue weighted by Crippen LogP contribution is -2.05. The number of nitrogens with two attached hydrogens (primary N) is 1. The van der Waals surface area contributed by atoms with Crippen LogP contribution in [-0.2, 0) is 0 Å². The number of benzene rings is 1. The van der Waals surface area contributed by atoms with Crippen molar-refractivity contribution < 1.29 is 0 Å². The van der Waals surface area contributed by atoms with Crippen LogP contribution in [0.15, 0.2) is 116 Å². The number of hydrogen-bond donors (Lipinski definition) is 3. The zero-order valence-corrected chi connectivity index (χ0v) is 21.7. The number of allylic oxidation sites excluding steroid dienone is 5. The van der Waals surface area contributed by atoms with Crippen molar-refractivity contribution in [1.82, 2.24) is 15.0 Å². The largest absolute Gasteiger partial charge is 0.399 e. The summed E-state index contributed by atoms with van der Waals surface area (Å²) in [4.78, 5) is 12.2. The van der Waals surface area contributed by atoms with Crippen LogP contribution in [0.3, 0.4) is 0 Å². The van der Waals surface area contributed by atoms with E-state index in [-0.39, 0.29) is 0 Å². The second-order valence-electron chi connectivity index (χ2n) is 9.26. The Morgan fingerprint density at radius 2 is 1.84 bits per heavy atom. The smallest absolute Gasteiger partial charge is 0.0574 e. The number of nitrogens with one attached hydrogen (secondary N) is 2. The molecule has 4 aromatic rings. The van der Waals surface area contributed by atoms with Crippen LogP contribution in [0.2, 0.25) is 0 Å². The number of aromatic amines is 1. The van der Waals surface area contributed by atoms with E-state index in [0.29, 0.717) is 11.6 Å². The summed E-state index contributed by atoms with van der Waals surface area (Å²) < 4.78 is 0. The molecule has 1 aromatic carbocycles. The van der Waals surface area contributed by atoms with Gasteiger partial charge in [-0.2, -0.15) is 0 Å². The Kier molecular flexibility index (Phi) is 7.54. The molecular weight excluding hydrogens is 454 g/mol. The van der Waals surface area contributed by atoms with Crippen LogP contribution in [0.25, 0.3) is 33.2 Å². The Morgan fingerprint density at radius 1 is 1.03 bits per heavy atom. The fourth-order valence-electron chi connectivity index (χ4n) is 4.10. The summed E-state index contributed by atoms with van der Waals surface area (Å²) >= 11 is 0. The molecule has 4 N–H and O–H groups in total. The van der Waals surface area contributed by atoms with Gasteiger partial charge in [0, 0.05) is 68.9 Å². The molecule has 0 saturated heterocycles. The monoisotopic (exact) mass is 487 g/mol. The Hall–Kier alpha value is -4.64. The summed E-state index contributed by atoms with van der Waals surface area (Å²) in [7, 11) is 0.